The largest absolute Gasteiger partial charge is 0.552 e. The number of ether oxygens (including phenoxy) is 1. The molecule has 15 heavy (non-hydrogen) atoms. The summed E-state index contributed by atoms with van der Waals surface area (Å²) in [5.74, 6) is -0.365. The summed E-state index contributed by atoms with van der Waals surface area (Å²) in [4.78, 5) is 22.7. The van der Waals surface area contributed by atoms with Crippen molar-refractivity contribution in [2.24, 2.45) is 17.8 Å². The molecule has 1 aliphatic carbocycles. The van der Waals surface area contributed by atoms with Gasteiger partial charge in [0, 0.05) is 0 Å². The molecule has 1 aliphatic heterocycles. The highest BCUT2D eigenvalue weighted by Crippen LogP contribution is 2.40. The molecule has 3 atom stereocenters. The second-order valence-electron chi connectivity index (χ2n) is 4.18. The maximum Gasteiger partial charge on any atom is 0.398 e. The van der Waals surface area contributed by atoms with Crippen LogP contribution < -0.4 is 0 Å². The Hall–Kier alpha value is -0.151. The third-order valence-corrected chi connectivity index (χ3v) is 5.18. The Morgan fingerprint density at radius 1 is 1.33 bits per heavy atom. The first-order chi connectivity index (χ1) is 7.22. The van der Waals surface area contributed by atoms with Gasteiger partial charge in [0.05, 0.1) is 11.8 Å². The van der Waals surface area contributed by atoms with Gasteiger partial charge in [-0.2, -0.15) is 0 Å². The number of rotatable bonds is 3. The molecule has 1 heterocycles. The molecule has 2 fully saturated rings. The fourth-order valence-electron chi connectivity index (χ4n) is 2.44. The molecule has 2 radical (unpaired) electrons. The summed E-state index contributed by atoms with van der Waals surface area (Å²) in [6, 6.07) is 1.04. The number of hydrogen-bond acceptors (Lipinski definition) is 4. The van der Waals surface area contributed by atoms with Crippen molar-refractivity contribution in [2.75, 3.05) is 0 Å². The van der Waals surface area contributed by atoms with Crippen LogP contribution in [0.2, 0.25) is 6.04 Å². The van der Waals surface area contributed by atoms with E-state index in [1.807, 2.05) is 0 Å². The van der Waals surface area contributed by atoms with E-state index in [0.29, 0.717) is 15.7 Å². The fraction of sp³-hybridized carbons (Fsp3) is 0.778. The van der Waals surface area contributed by atoms with Crippen molar-refractivity contribution in [3.8, 4) is 0 Å². The molecule has 0 aromatic rings. The first-order valence-corrected chi connectivity index (χ1v) is 7.17. The van der Waals surface area contributed by atoms with Gasteiger partial charge in [0.2, 0.25) is 0 Å². The van der Waals surface area contributed by atoms with Crippen LogP contribution in [0.5, 0.6) is 0 Å². The summed E-state index contributed by atoms with van der Waals surface area (Å²) < 4.78 is 9.85. The second kappa shape index (κ2) is 4.79. The molecule has 0 bridgehead atoms. The van der Waals surface area contributed by atoms with Crippen molar-refractivity contribution < 1.29 is 17.8 Å². The topological polar surface area (TPSA) is 52.6 Å². The van der Waals surface area contributed by atoms with Crippen LogP contribution in [0, 0.1) is 17.8 Å². The molecule has 4 nitrogen and oxygen atoms in total. The number of esters is 2. The lowest BCUT2D eigenvalue weighted by atomic mass is 9.76. The summed E-state index contributed by atoms with van der Waals surface area (Å²) in [7, 11) is 0.560. The Balaban J connectivity index is 1.93. The van der Waals surface area contributed by atoms with Crippen LogP contribution in [0.1, 0.15) is 19.3 Å². The Morgan fingerprint density at radius 3 is 2.80 bits per heavy atom. The van der Waals surface area contributed by atoms with Gasteiger partial charge in [-0.3, -0.25) is 9.59 Å². The number of hydrogen-bond donors (Lipinski definition) is 0. The molecule has 2 rings (SSSR count). The number of cyclic esters (lactones) is 2. The van der Waals surface area contributed by atoms with Crippen molar-refractivity contribution >= 4 is 38.3 Å². The molecule has 6 heteroatoms. The van der Waals surface area contributed by atoms with Gasteiger partial charge in [0.25, 0.3) is 0 Å². The van der Waals surface area contributed by atoms with Crippen LogP contribution >= 0.6 is 0 Å². The van der Waals surface area contributed by atoms with Gasteiger partial charge in [-0.1, -0.05) is 0 Å². The molecule has 1 saturated heterocycles. The SMILES string of the molecule is O=C1OC(=O)C2CC(C[Si][O][AlH2])CCC12. The van der Waals surface area contributed by atoms with E-state index in [4.69, 9.17) is 3.48 Å². The van der Waals surface area contributed by atoms with Gasteiger partial charge in [-0.25, -0.2) is 0 Å². The molecular weight excluding hydrogens is 227 g/mol. The highest BCUT2D eigenvalue weighted by Gasteiger charge is 2.47. The monoisotopic (exact) mass is 240 g/mol. The van der Waals surface area contributed by atoms with Crippen LogP contribution in [0.25, 0.3) is 0 Å². The molecule has 3 unspecified atom stereocenters. The van der Waals surface area contributed by atoms with Crippen LogP contribution in [0.3, 0.4) is 0 Å². The zero-order chi connectivity index (χ0) is 10.8. The quantitative estimate of drug-likeness (QED) is 0.386. The van der Waals surface area contributed by atoms with Crippen molar-refractivity contribution in [2.45, 2.75) is 25.3 Å². The summed E-state index contributed by atoms with van der Waals surface area (Å²) in [5, 5.41) is 0. The van der Waals surface area contributed by atoms with E-state index >= 15 is 0 Å². The van der Waals surface area contributed by atoms with Crippen LogP contribution in [0.15, 0.2) is 0 Å². The molecular formula is C9H13AlO4Si. The predicted molar refractivity (Wildman–Crippen MR) is 55.6 cm³/mol. The average Bonchev–Trinajstić information content (AvgIpc) is 2.52. The number of carbonyl (C=O) groups is 2. The van der Waals surface area contributed by atoms with Gasteiger partial charge < -0.3 is 8.21 Å². The normalized spacial score (nSPS) is 35.1. The van der Waals surface area contributed by atoms with E-state index in [9.17, 15) is 9.59 Å². The Labute approximate surface area is 99.4 Å². The average molecular weight is 240 g/mol. The van der Waals surface area contributed by atoms with Crippen molar-refractivity contribution in [1.29, 1.82) is 0 Å². The van der Waals surface area contributed by atoms with Crippen molar-refractivity contribution in [3.63, 3.8) is 0 Å². The zero-order valence-electron chi connectivity index (χ0n) is 8.69. The lowest BCUT2D eigenvalue weighted by Gasteiger charge is -2.27. The zero-order valence-corrected chi connectivity index (χ0v) is 11.7. The highest BCUT2D eigenvalue weighted by atomic mass is 28.2. The van der Waals surface area contributed by atoms with Crippen molar-refractivity contribution in [3.05, 3.63) is 0 Å². The number of fused-ring (bicyclic) bond motifs is 1. The minimum atomic E-state index is -0.301. The minimum absolute atomic E-state index is 0.144. The maximum absolute atomic E-state index is 11.4. The van der Waals surface area contributed by atoms with E-state index in [1.165, 1.54) is 0 Å². The molecule has 0 amide bonds. The van der Waals surface area contributed by atoms with E-state index in [-0.39, 0.29) is 23.8 Å². The van der Waals surface area contributed by atoms with Gasteiger partial charge in [-0.05, 0) is 31.2 Å². The van der Waals surface area contributed by atoms with E-state index in [1.54, 1.807) is 0 Å². The van der Waals surface area contributed by atoms with Crippen molar-refractivity contribution in [1.82, 2.24) is 0 Å². The minimum Gasteiger partial charge on any atom is -0.552 e. The summed E-state index contributed by atoms with van der Waals surface area (Å²) in [6.07, 6.45) is 2.65. The third kappa shape index (κ3) is 2.34. The van der Waals surface area contributed by atoms with E-state index in [0.717, 1.165) is 41.9 Å². The Kier molecular flexibility index (Phi) is 3.62. The standard InChI is InChI=1S/C9H11O4Si.Al.2H/c10-8-6-2-1-5(4-14-12)3-7(6)9(11)13-8;;;/h5-7H,1-4H2;;;/q-1;+1;;. The second-order valence-corrected chi connectivity index (χ2v) is 6.51. The summed E-state index contributed by atoms with van der Waals surface area (Å²) in [5.41, 5.74) is 0. The van der Waals surface area contributed by atoms with Gasteiger partial charge in [0.1, 0.15) is 0 Å². The van der Waals surface area contributed by atoms with Crippen LogP contribution in [0.4, 0.5) is 0 Å². The van der Waals surface area contributed by atoms with Gasteiger partial charge >= 0.3 is 28.6 Å². The lowest BCUT2D eigenvalue weighted by Crippen LogP contribution is -2.27. The maximum atomic E-state index is 11.4. The van der Waals surface area contributed by atoms with Gasteiger partial charge in [0.15, 0.2) is 9.76 Å². The van der Waals surface area contributed by atoms with E-state index < -0.39 is 0 Å². The number of carbonyl (C=O) groups excluding carboxylic acids is 2. The molecule has 80 valence electrons. The molecule has 2 aliphatic rings. The lowest BCUT2D eigenvalue weighted by molar-refractivity contribution is -0.153. The fourth-order valence-corrected chi connectivity index (χ4v) is 3.71. The smallest absolute Gasteiger partial charge is 0.398 e. The highest BCUT2D eigenvalue weighted by molar-refractivity contribution is 6.34. The first kappa shape index (κ1) is 11.3. The van der Waals surface area contributed by atoms with Crippen LogP contribution in [-0.2, 0) is 17.8 Å². The molecule has 1 saturated carbocycles. The first-order valence-electron chi connectivity index (χ1n) is 5.23. The van der Waals surface area contributed by atoms with Crippen LogP contribution in [-0.4, -0.2) is 38.3 Å². The summed E-state index contributed by atoms with van der Waals surface area (Å²) in [6.45, 7) is 0. The molecule has 0 N–H and O–H groups in total. The van der Waals surface area contributed by atoms with Gasteiger partial charge in [-0.15, -0.1) is 0 Å². The summed E-state index contributed by atoms with van der Waals surface area (Å²) >= 11 is 0.782. The van der Waals surface area contributed by atoms with E-state index in [2.05, 4.69) is 4.74 Å². The Morgan fingerprint density at radius 2 is 2.07 bits per heavy atom. The molecule has 0 aromatic heterocycles. The molecule has 0 aromatic carbocycles. The Bertz CT molecular complexity index is 283. The molecule has 0 spiro atoms. The predicted octanol–water partition coefficient (Wildman–Crippen LogP) is -0.296. The third-order valence-electron chi connectivity index (χ3n) is 3.28.